The first kappa shape index (κ1) is 17.3. The van der Waals surface area contributed by atoms with Crippen LogP contribution in [-0.4, -0.2) is 42.9 Å². The smallest absolute Gasteiger partial charge is 0.241 e. The van der Waals surface area contributed by atoms with Crippen molar-refractivity contribution >= 4 is 34.8 Å². The van der Waals surface area contributed by atoms with Crippen LogP contribution in [0.1, 0.15) is 13.8 Å². The maximum absolute atomic E-state index is 12.1. The Morgan fingerprint density at radius 1 is 1.43 bits per heavy atom. The van der Waals surface area contributed by atoms with Crippen LogP contribution in [0.4, 0.5) is 11.4 Å². The van der Waals surface area contributed by atoms with Gasteiger partial charge in [-0.15, -0.1) is 0 Å². The minimum Gasteiger partial charge on any atom is -0.397 e. The highest BCUT2D eigenvalue weighted by Gasteiger charge is 2.20. The van der Waals surface area contributed by atoms with E-state index in [1.165, 1.54) is 0 Å². The van der Waals surface area contributed by atoms with Gasteiger partial charge < -0.3 is 16.4 Å². The van der Waals surface area contributed by atoms with Crippen molar-refractivity contribution in [1.29, 1.82) is 0 Å². The Morgan fingerprint density at radius 3 is 2.67 bits per heavy atom. The zero-order chi connectivity index (χ0) is 16.0. The van der Waals surface area contributed by atoms with E-state index in [2.05, 4.69) is 10.6 Å². The van der Waals surface area contributed by atoms with E-state index in [1.807, 2.05) is 6.92 Å². The molecule has 0 saturated heterocycles. The van der Waals surface area contributed by atoms with Gasteiger partial charge in [-0.25, -0.2) is 0 Å². The molecule has 6 nitrogen and oxygen atoms in total. The minimum atomic E-state index is -0.454. The summed E-state index contributed by atoms with van der Waals surface area (Å²) in [6.45, 7) is 4.30. The molecule has 0 spiro atoms. The number of likely N-dealkylation sites (N-methyl/N-ethyl adjacent to an activating group) is 2. The highest BCUT2D eigenvalue weighted by Crippen LogP contribution is 2.22. The summed E-state index contributed by atoms with van der Waals surface area (Å²) in [7, 11) is 1.72. The van der Waals surface area contributed by atoms with E-state index in [9.17, 15) is 9.59 Å². The summed E-state index contributed by atoms with van der Waals surface area (Å²) in [6.07, 6.45) is 0. The minimum absolute atomic E-state index is 0.115. The van der Waals surface area contributed by atoms with Gasteiger partial charge in [-0.2, -0.15) is 0 Å². The number of nitrogens with two attached hydrogens (primary N) is 1. The van der Waals surface area contributed by atoms with Crippen molar-refractivity contribution < 1.29 is 9.59 Å². The van der Waals surface area contributed by atoms with Crippen molar-refractivity contribution in [3.05, 3.63) is 23.2 Å². The molecule has 0 bridgehead atoms. The quantitative estimate of drug-likeness (QED) is 0.691. The van der Waals surface area contributed by atoms with Crippen molar-refractivity contribution in [2.45, 2.75) is 19.9 Å². The number of carbonyl (C=O) groups is 2. The molecule has 0 radical (unpaired) electrons. The number of carbonyl (C=O) groups excluding carboxylic acids is 2. The van der Waals surface area contributed by atoms with E-state index in [1.54, 1.807) is 37.1 Å². The molecule has 2 amide bonds. The van der Waals surface area contributed by atoms with Gasteiger partial charge in [0.1, 0.15) is 0 Å². The molecule has 0 aliphatic rings. The van der Waals surface area contributed by atoms with Crippen molar-refractivity contribution in [1.82, 2.24) is 10.2 Å². The van der Waals surface area contributed by atoms with E-state index in [0.29, 0.717) is 22.9 Å². The summed E-state index contributed by atoms with van der Waals surface area (Å²) in [4.78, 5) is 25.3. The monoisotopic (exact) mass is 312 g/mol. The largest absolute Gasteiger partial charge is 0.397 e. The van der Waals surface area contributed by atoms with E-state index in [0.717, 1.165) is 0 Å². The second-order valence-electron chi connectivity index (χ2n) is 4.77. The van der Waals surface area contributed by atoms with Crippen molar-refractivity contribution in [3.8, 4) is 0 Å². The van der Waals surface area contributed by atoms with Crippen LogP contribution in [0.25, 0.3) is 0 Å². The van der Waals surface area contributed by atoms with Crippen LogP contribution < -0.4 is 16.4 Å². The van der Waals surface area contributed by atoms with Crippen LogP contribution in [-0.2, 0) is 9.59 Å². The standard InChI is InChI=1S/C14H21ClN4O2/c1-4-17-13(20)8-19(3)9(2)14(21)18-10-5-6-11(15)12(16)7-10/h5-7,9H,4,8,16H2,1-3H3,(H,17,20)(H,18,21). The van der Waals surface area contributed by atoms with E-state index >= 15 is 0 Å². The Morgan fingerprint density at radius 2 is 2.10 bits per heavy atom. The van der Waals surface area contributed by atoms with Gasteiger partial charge in [0.15, 0.2) is 0 Å². The zero-order valence-corrected chi connectivity index (χ0v) is 13.2. The van der Waals surface area contributed by atoms with Gasteiger partial charge in [-0.3, -0.25) is 14.5 Å². The molecule has 0 saturated carbocycles. The molecule has 0 aliphatic carbocycles. The lowest BCUT2D eigenvalue weighted by Crippen LogP contribution is -2.44. The molecule has 1 atom stereocenters. The molecule has 0 aromatic heterocycles. The van der Waals surface area contributed by atoms with Crippen LogP contribution in [0.5, 0.6) is 0 Å². The molecule has 0 heterocycles. The second-order valence-corrected chi connectivity index (χ2v) is 5.18. The number of hydrogen-bond donors (Lipinski definition) is 3. The van der Waals surface area contributed by atoms with Gasteiger partial charge in [0.05, 0.1) is 23.3 Å². The van der Waals surface area contributed by atoms with Crippen LogP contribution in [0.3, 0.4) is 0 Å². The van der Waals surface area contributed by atoms with Gasteiger partial charge in [-0.05, 0) is 39.1 Å². The van der Waals surface area contributed by atoms with Gasteiger partial charge in [0.2, 0.25) is 11.8 Å². The predicted octanol–water partition coefficient (Wildman–Crippen LogP) is 1.32. The Bertz CT molecular complexity index is 522. The fourth-order valence-corrected chi connectivity index (χ4v) is 1.80. The number of amides is 2. The number of benzene rings is 1. The first-order chi connectivity index (χ1) is 9.85. The lowest BCUT2D eigenvalue weighted by Gasteiger charge is -2.23. The predicted molar refractivity (Wildman–Crippen MR) is 85.3 cm³/mol. The van der Waals surface area contributed by atoms with E-state index in [4.69, 9.17) is 17.3 Å². The third kappa shape index (κ3) is 5.24. The molecule has 1 aromatic rings. The number of anilines is 2. The molecule has 116 valence electrons. The van der Waals surface area contributed by atoms with Gasteiger partial charge >= 0.3 is 0 Å². The Hall–Kier alpha value is -1.79. The molecule has 0 fully saturated rings. The Labute approximate surface area is 129 Å². The molecular weight excluding hydrogens is 292 g/mol. The maximum Gasteiger partial charge on any atom is 0.241 e. The van der Waals surface area contributed by atoms with Gasteiger partial charge in [0, 0.05) is 12.2 Å². The molecule has 1 aromatic carbocycles. The molecule has 1 unspecified atom stereocenters. The molecular formula is C14H21ClN4O2. The number of nitrogens with zero attached hydrogens (tertiary/aromatic N) is 1. The second kappa shape index (κ2) is 7.85. The topological polar surface area (TPSA) is 87.5 Å². The number of nitrogens with one attached hydrogen (secondary N) is 2. The molecule has 21 heavy (non-hydrogen) atoms. The van der Waals surface area contributed by atoms with Crippen LogP contribution in [0, 0.1) is 0 Å². The number of hydrogen-bond acceptors (Lipinski definition) is 4. The first-order valence-corrected chi connectivity index (χ1v) is 7.05. The molecule has 0 aliphatic heterocycles. The third-order valence-corrected chi connectivity index (χ3v) is 3.42. The van der Waals surface area contributed by atoms with E-state index in [-0.39, 0.29) is 18.4 Å². The SMILES string of the molecule is CCNC(=O)CN(C)C(C)C(=O)Nc1ccc(Cl)c(N)c1. The van der Waals surface area contributed by atoms with Crippen LogP contribution in [0.2, 0.25) is 5.02 Å². The van der Waals surface area contributed by atoms with Crippen molar-refractivity contribution in [2.24, 2.45) is 0 Å². The summed E-state index contributed by atoms with van der Waals surface area (Å²) in [6, 6.07) is 4.43. The molecule has 7 heteroatoms. The zero-order valence-electron chi connectivity index (χ0n) is 12.4. The summed E-state index contributed by atoms with van der Waals surface area (Å²) in [5.41, 5.74) is 6.66. The fourth-order valence-electron chi connectivity index (χ4n) is 1.68. The van der Waals surface area contributed by atoms with Crippen LogP contribution in [0.15, 0.2) is 18.2 Å². The lowest BCUT2D eigenvalue weighted by atomic mass is 10.2. The summed E-state index contributed by atoms with van der Waals surface area (Å²) in [5.74, 6) is -0.334. The van der Waals surface area contributed by atoms with Gasteiger partial charge in [-0.1, -0.05) is 11.6 Å². The van der Waals surface area contributed by atoms with Crippen molar-refractivity contribution in [3.63, 3.8) is 0 Å². The normalized spacial score (nSPS) is 12.0. The highest BCUT2D eigenvalue weighted by molar-refractivity contribution is 6.33. The molecule has 1 rings (SSSR count). The number of nitrogen functional groups attached to an aromatic ring is 1. The maximum atomic E-state index is 12.1. The summed E-state index contributed by atoms with van der Waals surface area (Å²) < 4.78 is 0. The average Bonchev–Trinajstić information content (AvgIpc) is 2.42. The van der Waals surface area contributed by atoms with Gasteiger partial charge in [0.25, 0.3) is 0 Å². The highest BCUT2D eigenvalue weighted by atomic mass is 35.5. The first-order valence-electron chi connectivity index (χ1n) is 6.68. The fraction of sp³-hybridized carbons (Fsp3) is 0.429. The van der Waals surface area contributed by atoms with E-state index < -0.39 is 6.04 Å². The lowest BCUT2D eigenvalue weighted by molar-refractivity contribution is -0.124. The Balaban J connectivity index is 2.61. The number of halogens is 1. The Kier molecular flexibility index (Phi) is 6.45. The third-order valence-electron chi connectivity index (χ3n) is 3.07. The molecule has 4 N–H and O–H groups in total. The van der Waals surface area contributed by atoms with Crippen molar-refractivity contribution in [2.75, 3.05) is 31.2 Å². The summed E-state index contributed by atoms with van der Waals surface area (Å²) in [5, 5.41) is 5.87. The number of rotatable bonds is 6. The van der Waals surface area contributed by atoms with Crippen LogP contribution >= 0.6 is 11.6 Å². The summed E-state index contributed by atoms with van der Waals surface area (Å²) >= 11 is 5.83. The average molecular weight is 313 g/mol.